The predicted molar refractivity (Wildman–Crippen MR) is 119 cm³/mol. The molecule has 1 unspecified atom stereocenters. The Morgan fingerprint density at radius 1 is 1.41 bits per heavy atom. The molecule has 1 saturated heterocycles. The third kappa shape index (κ3) is 5.19. The van der Waals surface area contributed by atoms with E-state index in [0.717, 1.165) is 30.8 Å². The molecular weight excluding hydrogens is 454 g/mol. The number of thioether (sulfide) groups is 1. The van der Waals surface area contributed by atoms with Crippen LogP contribution in [0.15, 0.2) is 28.0 Å². The van der Waals surface area contributed by atoms with Gasteiger partial charge in [-0.2, -0.15) is 0 Å². The van der Waals surface area contributed by atoms with E-state index < -0.39 is 5.97 Å². The van der Waals surface area contributed by atoms with Gasteiger partial charge in [0.25, 0.3) is 0 Å². The maximum atomic E-state index is 12.5. The van der Waals surface area contributed by atoms with Crippen LogP contribution in [-0.2, 0) is 20.8 Å². The van der Waals surface area contributed by atoms with Crippen molar-refractivity contribution in [2.45, 2.75) is 44.5 Å². The van der Waals surface area contributed by atoms with E-state index in [1.54, 1.807) is 26.2 Å². The van der Waals surface area contributed by atoms with Crippen molar-refractivity contribution >= 4 is 40.1 Å². The molecule has 1 atom stereocenters. The molecule has 0 aliphatic carbocycles. The van der Waals surface area contributed by atoms with Gasteiger partial charge in [-0.05, 0) is 38.8 Å². The molecule has 32 heavy (non-hydrogen) atoms. The average Bonchev–Trinajstić information content (AvgIpc) is 3.55. The minimum absolute atomic E-state index is 0.0764. The van der Waals surface area contributed by atoms with Crippen LogP contribution in [0.2, 0.25) is 0 Å². The largest absolute Gasteiger partial charge is 0.462 e. The molecule has 1 fully saturated rings. The van der Waals surface area contributed by atoms with E-state index in [-0.39, 0.29) is 24.4 Å². The first kappa shape index (κ1) is 22.5. The summed E-state index contributed by atoms with van der Waals surface area (Å²) in [6.45, 7) is 5.05. The normalized spacial score (nSPS) is 15.8. The van der Waals surface area contributed by atoms with Crippen LogP contribution in [0.1, 0.15) is 35.1 Å². The number of esters is 1. The Hall–Kier alpha value is -2.70. The molecule has 170 valence electrons. The van der Waals surface area contributed by atoms with Crippen molar-refractivity contribution in [1.29, 1.82) is 0 Å². The van der Waals surface area contributed by atoms with E-state index in [4.69, 9.17) is 13.9 Å². The van der Waals surface area contributed by atoms with Gasteiger partial charge >= 0.3 is 5.97 Å². The van der Waals surface area contributed by atoms with Gasteiger partial charge in [-0.15, -0.1) is 10.2 Å². The lowest BCUT2D eigenvalue weighted by Gasteiger charge is -2.13. The number of furan rings is 1. The first-order valence-corrected chi connectivity index (χ1v) is 12.0. The fourth-order valence-corrected chi connectivity index (χ4v) is 4.89. The summed E-state index contributed by atoms with van der Waals surface area (Å²) in [4.78, 5) is 29.1. The monoisotopic (exact) mass is 477 g/mol. The molecule has 3 aromatic heterocycles. The molecule has 4 rings (SSSR count). The number of hydrogen-bond acceptors (Lipinski definition) is 10. The second-order valence-corrected chi connectivity index (χ2v) is 8.96. The zero-order chi connectivity index (χ0) is 22.5. The zero-order valence-electron chi connectivity index (χ0n) is 17.7. The van der Waals surface area contributed by atoms with Crippen LogP contribution in [0, 0.1) is 6.92 Å². The molecule has 1 N–H and O–H groups in total. The number of ether oxygens (including phenoxy) is 2. The minimum atomic E-state index is -0.440. The Balaban J connectivity index is 1.42. The van der Waals surface area contributed by atoms with Crippen LogP contribution in [0.25, 0.3) is 11.6 Å². The van der Waals surface area contributed by atoms with E-state index in [9.17, 15) is 9.59 Å². The summed E-state index contributed by atoms with van der Waals surface area (Å²) in [5.74, 6) is 0.616. The smallest absolute Gasteiger partial charge is 0.350 e. The van der Waals surface area contributed by atoms with Gasteiger partial charge in [-0.1, -0.05) is 23.1 Å². The standard InChI is InChI=1S/C20H23N5O5S2/c1-3-28-18(27)16-12(2)21-19(32-16)22-15(26)11-31-20-24-23-17(14-7-5-9-30-14)25(20)10-13-6-4-8-29-13/h5,7,9,13H,3-4,6,8,10-11H2,1-2H3,(H,21,22,26). The number of nitrogens with zero attached hydrogens (tertiary/aromatic N) is 4. The van der Waals surface area contributed by atoms with Gasteiger partial charge in [0.2, 0.25) is 11.7 Å². The Bertz CT molecular complexity index is 1070. The summed E-state index contributed by atoms with van der Waals surface area (Å²) in [6.07, 6.45) is 3.65. The molecule has 3 aromatic rings. The van der Waals surface area contributed by atoms with Crippen LogP contribution in [-0.4, -0.2) is 56.7 Å². The molecule has 0 aromatic carbocycles. The fraction of sp³-hybridized carbons (Fsp3) is 0.450. The van der Waals surface area contributed by atoms with E-state index in [1.807, 2.05) is 10.6 Å². The summed E-state index contributed by atoms with van der Waals surface area (Å²) in [5.41, 5.74) is 0.524. The molecule has 0 saturated carbocycles. The van der Waals surface area contributed by atoms with Crippen molar-refractivity contribution in [2.24, 2.45) is 0 Å². The SMILES string of the molecule is CCOC(=O)c1sc(NC(=O)CSc2nnc(-c3ccco3)n2CC2CCCO2)nc1C. The fourth-order valence-electron chi connectivity index (χ4n) is 3.26. The predicted octanol–water partition coefficient (Wildman–Crippen LogP) is 3.39. The van der Waals surface area contributed by atoms with Gasteiger partial charge < -0.3 is 19.2 Å². The molecule has 4 heterocycles. The number of nitrogens with one attached hydrogen (secondary N) is 1. The third-order valence-corrected chi connectivity index (χ3v) is 6.72. The maximum Gasteiger partial charge on any atom is 0.350 e. The van der Waals surface area contributed by atoms with E-state index in [0.29, 0.717) is 39.0 Å². The number of aromatic nitrogens is 4. The van der Waals surface area contributed by atoms with E-state index in [1.165, 1.54) is 11.8 Å². The van der Waals surface area contributed by atoms with Gasteiger partial charge in [-0.25, -0.2) is 9.78 Å². The van der Waals surface area contributed by atoms with Crippen molar-refractivity contribution in [2.75, 3.05) is 24.3 Å². The van der Waals surface area contributed by atoms with E-state index in [2.05, 4.69) is 20.5 Å². The Labute approximate surface area is 192 Å². The highest BCUT2D eigenvalue weighted by Gasteiger charge is 2.23. The molecule has 1 aliphatic rings. The molecule has 0 bridgehead atoms. The summed E-state index contributed by atoms with van der Waals surface area (Å²) in [7, 11) is 0. The van der Waals surface area contributed by atoms with Crippen molar-refractivity contribution in [3.63, 3.8) is 0 Å². The number of rotatable bonds is 9. The lowest BCUT2D eigenvalue weighted by atomic mass is 10.2. The maximum absolute atomic E-state index is 12.5. The number of aryl methyl sites for hydroxylation is 1. The van der Waals surface area contributed by atoms with E-state index >= 15 is 0 Å². The molecule has 10 nitrogen and oxygen atoms in total. The number of carbonyl (C=O) groups excluding carboxylic acids is 2. The van der Waals surface area contributed by atoms with Gasteiger partial charge in [0, 0.05) is 6.61 Å². The molecule has 1 amide bonds. The first-order chi connectivity index (χ1) is 15.5. The van der Waals surface area contributed by atoms with Crippen molar-refractivity contribution in [1.82, 2.24) is 19.7 Å². The quantitative estimate of drug-likeness (QED) is 0.365. The second kappa shape index (κ2) is 10.3. The highest BCUT2D eigenvalue weighted by molar-refractivity contribution is 7.99. The summed E-state index contributed by atoms with van der Waals surface area (Å²) < 4.78 is 18.2. The second-order valence-electron chi connectivity index (χ2n) is 7.02. The zero-order valence-corrected chi connectivity index (χ0v) is 19.3. The molecular formula is C20H23N5O5S2. The van der Waals surface area contributed by atoms with Gasteiger partial charge in [0.15, 0.2) is 16.0 Å². The minimum Gasteiger partial charge on any atom is -0.462 e. The number of thiazole rings is 1. The van der Waals surface area contributed by atoms with Crippen LogP contribution in [0.4, 0.5) is 5.13 Å². The summed E-state index contributed by atoms with van der Waals surface area (Å²) in [5, 5.41) is 12.2. The van der Waals surface area contributed by atoms with Crippen LogP contribution in [0.5, 0.6) is 0 Å². The molecule has 0 radical (unpaired) electrons. The van der Waals surface area contributed by atoms with Gasteiger partial charge in [0.05, 0.1) is 37.0 Å². The number of anilines is 1. The number of carbonyl (C=O) groups is 2. The average molecular weight is 478 g/mol. The van der Waals surface area contributed by atoms with Crippen molar-refractivity contribution in [3.8, 4) is 11.6 Å². The lowest BCUT2D eigenvalue weighted by Crippen LogP contribution is -2.18. The first-order valence-electron chi connectivity index (χ1n) is 10.2. The highest BCUT2D eigenvalue weighted by Crippen LogP contribution is 2.28. The Morgan fingerprint density at radius 2 is 2.28 bits per heavy atom. The van der Waals surface area contributed by atoms with Crippen LogP contribution >= 0.6 is 23.1 Å². The summed E-state index contributed by atoms with van der Waals surface area (Å²) in [6, 6.07) is 3.62. The van der Waals surface area contributed by atoms with Crippen molar-refractivity contribution < 1.29 is 23.5 Å². The molecule has 0 spiro atoms. The Morgan fingerprint density at radius 3 is 3.00 bits per heavy atom. The highest BCUT2D eigenvalue weighted by atomic mass is 32.2. The Kier molecular flexibility index (Phi) is 7.22. The number of amides is 1. The van der Waals surface area contributed by atoms with Gasteiger partial charge in [0.1, 0.15) is 4.88 Å². The number of hydrogen-bond donors (Lipinski definition) is 1. The lowest BCUT2D eigenvalue weighted by molar-refractivity contribution is -0.113. The van der Waals surface area contributed by atoms with Crippen LogP contribution < -0.4 is 5.32 Å². The van der Waals surface area contributed by atoms with Crippen LogP contribution in [0.3, 0.4) is 0 Å². The third-order valence-electron chi connectivity index (χ3n) is 4.70. The molecule has 1 aliphatic heterocycles. The molecule has 12 heteroatoms. The van der Waals surface area contributed by atoms with Crippen molar-refractivity contribution in [3.05, 3.63) is 29.0 Å². The van der Waals surface area contributed by atoms with Gasteiger partial charge in [-0.3, -0.25) is 9.36 Å². The topological polar surface area (TPSA) is 121 Å². The summed E-state index contributed by atoms with van der Waals surface area (Å²) >= 11 is 2.36.